The van der Waals surface area contributed by atoms with Gasteiger partial charge in [-0.2, -0.15) is 11.8 Å². The Hall–Kier alpha value is -1.37. The highest BCUT2D eigenvalue weighted by atomic mass is 33.1. The first-order chi connectivity index (χ1) is 16.7. The van der Waals surface area contributed by atoms with Crippen molar-refractivity contribution in [3.63, 3.8) is 0 Å². The van der Waals surface area contributed by atoms with Crippen LogP contribution in [0, 0.1) is 5.92 Å². The van der Waals surface area contributed by atoms with Crippen molar-refractivity contribution in [1.82, 2.24) is 16.0 Å². The quantitative estimate of drug-likeness (QED) is 0.230. The van der Waals surface area contributed by atoms with E-state index >= 15 is 0 Å². The van der Waals surface area contributed by atoms with E-state index in [4.69, 9.17) is 4.74 Å². The number of hydrogen-bond acceptors (Lipinski definition) is 9. The number of amides is 3. The zero-order chi connectivity index (χ0) is 25.8. The highest BCUT2D eigenvalue weighted by molar-refractivity contribution is 8.76. The first-order valence-electron chi connectivity index (χ1n) is 11.9. The van der Waals surface area contributed by atoms with Crippen LogP contribution in [0.4, 0.5) is 0 Å². The van der Waals surface area contributed by atoms with Gasteiger partial charge in [0.15, 0.2) is 0 Å². The summed E-state index contributed by atoms with van der Waals surface area (Å²) in [5.41, 5.74) is 0. The van der Waals surface area contributed by atoms with E-state index in [2.05, 4.69) is 16.0 Å². The van der Waals surface area contributed by atoms with Gasteiger partial charge < -0.3 is 25.8 Å². The van der Waals surface area contributed by atoms with E-state index in [1.54, 1.807) is 28.6 Å². The van der Waals surface area contributed by atoms with Gasteiger partial charge in [-0.05, 0) is 36.8 Å². The van der Waals surface area contributed by atoms with Gasteiger partial charge in [0.05, 0.1) is 25.0 Å². The van der Waals surface area contributed by atoms with E-state index < -0.39 is 54.0 Å². The second kappa shape index (κ2) is 15.7. The Labute approximate surface area is 219 Å². The van der Waals surface area contributed by atoms with Crippen LogP contribution in [0.5, 0.6) is 0 Å². The lowest BCUT2D eigenvalue weighted by Gasteiger charge is -2.31. The summed E-state index contributed by atoms with van der Waals surface area (Å²) in [4.78, 5) is 51.9. The zero-order valence-electron chi connectivity index (χ0n) is 20.5. The van der Waals surface area contributed by atoms with Gasteiger partial charge in [0, 0.05) is 11.5 Å². The predicted molar refractivity (Wildman–Crippen MR) is 142 cm³/mol. The van der Waals surface area contributed by atoms with Gasteiger partial charge >= 0.3 is 5.97 Å². The molecule has 4 N–H and O–H groups in total. The van der Waals surface area contributed by atoms with Crippen molar-refractivity contribution in [3.05, 3.63) is 12.2 Å². The zero-order valence-corrected chi connectivity index (χ0v) is 22.9. The molecule has 0 saturated carbocycles. The molecule has 0 radical (unpaired) electrons. The van der Waals surface area contributed by atoms with Crippen molar-refractivity contribution in [2.24, 2.45) is 5.92 Å². The Morgan fingerprint density at radius 2 is 1.91 bits per heavy atom. The summed E-state index contributed by atoms with van der Waals surface area (Å²) in [5, 5.41) is 19.3. The molecule has 2 rings (SSSR count). The molecule has 0 aromatic heterocycles. The third kappa shape index (κ3) is 10.3. The number of rotatable bonds is 5. The maximum absolute atomic E-state index is 13.3. The summed E-state index contributed by atoms with van der Waals surface area (Å²) in [5.74, 6) is -0.362. The van der Waals surface area contributed by atoms with E-state index in [0.717, 1.165) is 5.75 Å². The summed E-state index contributed by atoms with van der Waals surface area (Å²) < 4.78 is 5.54. The molecule has 12 heteroatoms. The van der Waals surface area contributed by atoms with Gasteiger partial charge in [0.2, 0.25) is 17.7 Å². The predicted octanol–water partition coefficient (Wildman–Crippen LogP) is 1.65. The summed E-state index contributed by atoms with van der Waals surface area (Å²) in [6, 6.07) is -2.39. The molecule has 35 heavy (non-hydrogen) atoms. The van der Waals surface area contributed by atoms with Crippen LogP contribution in [0.1, 0.15) is 46.0 Å². The SMILES string of the molecule is CCC(C)[C@H]1NC(=O)C2CSSCC/C=C/[C@H](CC(=O)N[C@@H](CCSC)C(=O)N2)OC(=O)C[C@H]1O. The molecule has 198 valence electrons. The molecule has 0 aliphatic carbocycles. The normalized spacial score (nSPS) is 31.5. The molecule has 2 aliphatic heterocycles. The molecule has 1 fully saturated rings. The highest BCUT2D eigenvalue weighted by Gasteiger charge is 2.34. The fourth-order valence-corrected chi connectivity index (χ4v) is 6.36. The molecule has 2 heterocycles. The van der Waals surface area contributed by atoms with Crippen LogP contribution in [0.2, 0.25) is 0 Å². The lowest BCUT2D eigenvalue weighted by Crippen LogP contribution is -2.58. The molecule has 0 spiro atoms. The number of carbonyl (C=O) groups is 4. The summed E-state index contributed by atoms with van der Waals surface area (Å²) in [6.45, 7) is 3.82. The maximum Gasteiger partial charge on any atom is 0.309 e. The number of allylic oxidation sites excluding steroid dienone is 1. The second-order valence-electron chi connectivity index (χ2n) is 8.71. The number of carbonyl (C=O) groups excluding carboxylic acids is 4. The van der Waals surface area contributed by atoms with E-state index in [-0.39, 0.29) is 18.8 Å². The fraction of sp³-hybridized carbons (Fsp3) is 0.739. The van der Waals surface area contributed by atoms with E-state index in [9.17, 15) is 24.3 Å². The van der Waals surface area contributed by atoms with Gasteiger partial charge in [0.1, 0.15) is 18.2 Å². The number of esters is 1. The van der Waals surface area contributed by atoms with Crippen molar-refractivity contribution in [2.45, 2.75) is 76.3 Å². The molecule has 2 aliphatic rings. The topological polar surface area (TPSA) is 134 Å². The van der Waals surface area contributed by atoms with Crippen LogP contribution in [0.25, 0.3) is 0 Å². The molecular weight excluding hydrogens is 510 g/mol. The summed E-state index contributed by atoms with van der Waals surface area (Å²) in [7, 11) is 3.05. The average Bonchev–Trinajstić information content (AvgIpc) is 2.81. The molecule has 3 amide bonds. The van der Waals surface area contributed by atoms with Crippen LogP contribution < -0.4 is 16.0 Å². The minimum Gasteiger partial charge on any atom is -0.457 e. The van der Waals surface area contributed by atoms with Gasteiger partial charge in [0.25, 0.3) is 0 Å². The second-order valence-corrected chi connectivity index (χ2v) is 12.3. The molecular formula is C23H37N3O6S3. The van der Waals surface area contributed by atoms with Gasteiger partial charge in [-0.1, -0.05) is 47.9 Å². The minimum atomic E-state index is -1.18. The number of ether oxygens (including phenoxy) is 1. The fourth-order valence-electron chi connectivity index (χ4n) is 3.74. The third-order valence-corrected chi connectivity index (χ3v) is 9.05. The molecule has 6 atom stereocenters. The largest absolute Gasteiger partial charge is 0.457 e. The number of aliphatic hydroxyl groups excluding tert-OH is 1. The standard InChI is InChI=1S/C23H37N3O6S3/c1-4-14(2)21-18(27)12-20(29)32-15-7-5-6-9-34-35-13-17(23(31)26-21)25-22(30)16(8-10-33-3)24-19(28)11-15/h5,7,14-18,21,27H,4,6,8-13H2,1-3H3,(H,24,28)(H,25,30)(H,26,31)/b7-5+/t14?,15-,16+,17?,18-,21-/m1/s1. The van der Waals surface area contributed by atoms with E-state index in [1.807, 2.05) is 26.2 Å². The molecule has 2 unspecified atom stereocenters. The Morgan fingerprint density at radius 1 is 1.14 bits per heavy atom. The monoisotopic (exact) mass is 547 g/mol. The van der Waals surface area contributed by atoms with E-state index in [1.165, 1.54) is 10.8 Å². The van der Waals surface area contributed by atoms with Crippen LogP contribution in [0.15, 0.2) is 12.2 Å². The maximum atomic E-state index is 13.3. The number of thioether (sulfide) groups is 1. The summed E-state index contributed by atoms with van der Waals surface area (Å²) in [6.07, 6.45) is 4.75. The molecule has 2 bridgehead atoms. The van der Waals surface area contributed by atoms with Gasteiger partial charge in [-0.3, -0.25) is 19.2 Å². The Morgan fingerprint density at radius 3 is 2.63 bits per heavy atom. The van der Waals surface area contributed by atoms with Crippen LogP contribution in [-0.2, 0) is 23.9 Å². The number of fused-ring (bicyclic) bond motifs is 7. The van der Waals surface area contributed by atoms with Crippen molar-refractivity contribution in [3.8, 4) is 0 Å². The number of nitrogens with one attached hydrogen (secondary N) is 3. The lowest BCUT2D eigenvalue weighted by atomic mass is 9.92. The van der Waals surface area contributed by atoms with Crippen LogP contribution in [0.3, 0.4) is 0 Å². The Bertz CT molecular complexity index is 769. The van der Waals surface area contributed by atoms with Crippen molar-refractivity contribution in [1.29, 1.82) is 0 Å². The smallest absolute Gasteiger partial charge is 0.309 e. The summed E-state index contributed by atoms with van der Waals surface area (Å²) >= 11 is 1.55. The average molecular weight is 548 g/mol. The van der Waals surface area contributed by atoms with Crippen molar-refractivity contribution >= 4 is 57.0 Å². The highest BCUT2D eigenvalue weighted by Crippen LogP contribution is 2.24. The molecule has 0 aromatic carbocycles. The molecule has 9 nitrogen and oxygen atoms in total. The first-order valence-corrected chi connectivity index (χ1v) is 15.8. The molecule has 0 aromatic rings. The Balaban J connectivity index is 2.46. The third-order valence-electron chi connectivity index (χ3n) is 5.96. The number of hydrogen-bond donors (Lipinski definition) is 4. The minimum absolute atomic E-state index is 0.122. The van der Waals surface area contributed by atoms with Crippen LogP contribution in [-0.4, -0.2) is 82.6 Å². The van der Waals surface area contributed by atoms with Gasteiger partial charge in [-0.25, -0.2) is 0 Å². The van der Waals surface area contributed by atoms with E-state index in [0.29, 0.717) is 30.8 Å². The Kier molecular flexibility index (Phi) is 13.4. The van der Waals surface area contributed by atoms with Gasteiger partial charge in [-0.15, -0.1) is 0 Å². The van der Waals surface area contributed by atoms with Crippen molar-refractivity contribution < 1.29 is 29.0 Å². The lowest BCUT2D eigenvalue weighted by molar-refractivity contribution is -0.151. The van der Waals surface area contributed by atoms with Crippen LogP contribution >= 0.6 is 33.3 Å². The number of aliphatic hydroxyl groups is 1. The molecule has 1 saturated heterocycles. The van der Waals surface area contributed by atoms with Crippen molar-refractivity contribution in [2.75, 3.05) is 23.5 Å². The first kappa shape index (κ1) is 29.9.